The Labute approximate surface area is 211 Å². The summed E-state index contributed by atoms with van der Waals surface area (Å²) < 4.78 is 60.3. The summed E-state index contributed by atoms with van der Waals surface area (Å²) in [6, 6.07) is 17.1. The number of nitrogens with zero attached hydrogens (tertiary/aromatic N) is 1. The maximum absolute atomic E-state index is 12.9. The van der Waals surface area contributed by atoms with Crippen LogP contribution in [0.5, 0.6) is 0 Å². The van der Waals surface area contributed by atoms with E-state index in [-0.39, 0.29) is 21.0 Å². The first-order valence-corrected chi connectivity index (χ1v) is 14.2. The highest BCUT2D eigenvalue weighted by Gasteiger charge is 2.26. The Morgan fingerprint density at radius 3 is 2.08 bits per heavy atom. The maximum atomic E-state index is 12.9. The fourth-order valence-corrected chi connectivity index (χ4v) is 6.17. The van der Waals surface area contributed by atoms with Crippen LogP contribution in [-0.4, -0.2) is 53.4 Å². The van der Waals surface area contributed by atoms with Crippen LogP contribution in [0, 0.1) is 13.8 Å². The van der Waals surface area contributed by atoms with E-state index < -0.39 is 26.0 Å². The number of amides is 1. The van der Waals surface area contributed by atoms with E-state index >= 15 is 0 Å². The minimum Gasteiger partial charge on any atom is -0.379 e. The zero-order valence-corrected chi connectivity index (χ0v) is 21.5. The SMILES string of the molecule is Cc1ccc(S(=O)(=O)Nc2cc(C(=O)Nc3ccc(S(=O)(=O)N4CCOCC4)cc3)ccc2C)cc1. The fraction of sp³-hybridized carbons (Fsp3) is 0.240. The van der Waals surface area contributed by atoms with Crippen molar-refractivity contribution < 1.29 is 26.4 Å². The van der Waals surface area contributed by atoms with Gasteiger partial charge in [0.15, 0.2) is 0 Å². The molecular formula is C25H27N3O6S2. The van der Waals surface area contributed by atoms with Gasteiger partial charge in [0.1, 0.15) is 0 Å². The second-order valence-corrected chi connectivity index (χ2v) is 12.1. The molecule has 1 aliphatic heterocycles. The highest BCUT2D eigenvalue weighted by Crippen LogP contribution is 2.23. The minimum atomic E-state index is -3.83. The van der Waals surface area contributed by atoms with Crippen LogP contribution in [-0.2, 0) is 24.8 Å². The summed E-state index contributed by atoms with van der Waals surface area (Å²) in [7, 11) is -7.47. The average molecular weight is 530 g/mol. The molecule has 3 aromatic carbocycles. The van der Waals surface area contributed by atoms with Crippen LogP contribution in [0.4, 0.5) is 11.4 Å². The van der Waals surface area contributed by atoms with Gasteiger partial charge < -0.3 is 10.1 Å². The topological polar surface area (TPSA) is 122 Å². The zero-order chi connectivity index (χ0) is 25.9. The third-order valence-electron chi connectivity index (χ3n) is 5.80. The van der Waals surface area contributed by atoms with E-state index in [1.165, 1.54) is 46.8 Å². The van der Waals surface area contributed by atoms with Crippen molar-refractivity contribution >= 4 is 37.3 Å². The fourth-order valence-electron chi connectivity index (χ4n) is 3.64. The van der Waals surface area contributed by atoms with Crippen LogP contribution >= 0.6 is 0 Å². The summed E-state index contributed by atoms with van der Waals surface area (Å²) in [6.45, 7) is 4.91. The van der Waals surface area contributed by atoms with Crippen molar-refractivity contribution in [3.63, 3.8) is 0 Å². The predicted octanol–water partition coefficient (Wildman–Crippen LogP) is 3.38. The molecule has 190 valence electrons. The predicted molar refractivity (Wildman–Crippen MR) is 137 cm³/mol. The molecule has 1 aliphatic rings. The maximum Gasteiger partial charge on any atom is 0.261 e. The first kappa shape index (κ1) is 25.8. The minimum absolute atomic E-state index is 0.120. The molecule has 11 heteroatoms. The number of sulfonamides is 2. The number of rotatable bonds is 7. The molecule has 4 rings (SSSR count). The number of hydrogen-bond donors (Lipinski definition) is 2. The number of carbonyl (C=O) groups excluding carboxylic acids is 1. The molecule has 0 spiro atoms. The molecule has 36 heavy (non-hydrogen) atoms. The van der Waals surface area contributed by atoms with Crippen molar-refractivity contribution in [1.82, 2.24) is 4.31 Å². The van der Waals surface area contributed by atoms with Gasteiger partial charge in [-0.15, -0.1) is 0 Å². The van der Waals surface area contributed by atoms with Gasteiger partial charge in [0, 0.05) is 24.3 Å². The number of nitrogens with one attached hydrogen (secondary N) is 2. The van der Waals surface area contributed by atoms with Crippen LogP contribution in [0.1, 0.15) is 21.5 Å². The molecule has 9 nitrogen and oxygen atoms in total. The molecule has 2 N–H and O–H groups in total. The van der Waals surface area contributed by atoms with E-state index in [4.69, 9.17) is 4.74 Å². The lowest BCUT2D eigenvalue weighted by Crippen LogP contribution is -2.40. The lowest BCUT2D eigenvalue weighted by molar-refractivity contribution is 0.0730. The van der Waals surface area contributed by atoms with Crippen LogP contribution in [0.25, 0.3) is 0 Å². The Morgan fingerprint density at radius 1 is 0.833 bits per heavy atom. The Kier molecular flexibility index (Phi) is 7.46. The van der Waals surface area contributed by atoms with Gasteiger partial charge in [0.25, 0.3) is 15.9 Å². The average Bonchev–Trinajstić information content (AvgIpc) is 2.86. The van der Waals surface area contributed by atoms with E-state index in [9.17, 15) is 21.6 Å². The van der Waals surface area contributed by atoms with Gasteiger partial charge in [-0.2, -0.15) is 4.31 Å². The van der Waals surface area contributed by atoms with Crippen LogP contribution in [0.15, 0.2) is 76.5 Å². The van der Waals surface area contributed by atoms with E-state index in [2.05, 4.69) is 10.0 Å². The smallest absolute Gasteiger partial charge is 0.261 e. The molecule has 0 unspecified atom stereocenters. The summed E-state index contributed by atoms with van der Waals surface area (Å²) in [6.07, 6.45) is 0. The lowest BCUT2D eigenvalue weighted by atomic mass is 10.1. The van der Waals surface area contributed by atoms with E-state index in [0.29, 0.717) is 37.6 Å². The number of morpholine rings is 1. The van der Waals surface area contributed by atoms with Crippen molar-refractivity contribution in [1.29, 1.82) is 0 Å². The molecule has 0 saturated carbocycles. The molecule has 1 amide bonds. The highest BCUT2D eigenvalue weighted by molar-refractivity contribution is 7.92. The summed E-state index contributed by atoms with van der Waals surface area (Å²) in [5.41, 5.74) is 2.53. The highest BCUT2D eigenvalue weighted by atomic mass is 32.2. The Morgan fingerprint density at radius 2 is 1.44 bits per heavy atom. The van der Waals surface area contributed by atoms with Crippen LogP contribution < -0.4 is 10.0 Å². The Hall–Kier alpha value is -3.25. The molecule has 1 fully saturated rings. The molecule has 0 atom stereocenters. The monoisotopic (exact) mass is 529 g/mol. The van der Waals surface area contributed by atoms with Crippen molar-refractivity contribution in [2.45, 2.75) is 23.6 Å². The molecule has 0 aliphatic carbocycles. The summed E-state index contributed by atoms with van der Waals surface area (Å²) in [5.74, 6) is -0.463. The second-order valence-electron chi connectivity index (χ2n) is 8.44. The Balaban J connectivity index is 1.48. The van der Waals surface area contributed by atoms with Crippen molar-refractivity contribution in [3.8, 4) is 0 Å². The van der Waals surface area contributed by atoms with Gasteiger partial charge in [-0.25, -0.2) is 16.8 Å². The molecule has 0 aromatic heterocycles. The number of carbonyl (C=O) groups is 1. The van der Waals surface area contributed by atoms with Gasteiger partial charge in [-0.3, -0.25) is 9.52 Å². The molecule has 1 heterocycles. The molecular weight excluding hydrogens is 502 g/mol. The lowest BCUT2D eigenvalue weighted by Gasteiger charge is -2.26. The first-order chi connectivity index (χ1) is 17.1. The van der Waals surface area contributed by atoms with Gasteiger partial charge >= 0.3 is 0 Å². The van der Waals surface area contributed by atoms with Gasteiger partial charge in [0.2, 0.25) is 10.0 Å². The standard InChI is InChI=1S/C25H27N3O6S2/c1-18-3-9-22(10-4-18)35(30,31)27-24-17-20(6-5-19(24)2)25(29)26-21-7-11-23(12-8-21)36(32,33)28-13-15-34-16-14-28/h3-12,17,27H,13-16H2,1-2H3,(H,26,29). The molecule has 3 aromatic rings. The van der Waals surface area contributed by atoms with E-state index in [0.717, 1.165) is 5.56 Å². The largest absolute Gasteiger partial charge is 0.379 e. The third kappa shape index (κ3) is 5.76. The molecule has 0 radical (unpaired) electrons. The molecule has 0 bridgehead atoms. The van der Waals surface area contributed by atoms with Crippen molar-refractivity contribution in [2.24, 2.45) is 0 Å². The molecule has 1 saturated heterocycles. The van der Waals surface area contributed by atoms with Crippen LogP contribution in [0.3, 0.4) is 0 Å². The number of hydrogen-bond acceptors (Lipinski definition) is 6. The number of anilines is 2. The summed E-state index contributed by atoms with van der Waals surface area (Å²) in [5, 5.41) is 2.72. The summed E-state index contributed by atoms with van der Waals surface area (Å²) in [4.78, 5) is 13.1. The first-order valence-electron chi connectivity index (χ1n) is 11.3. The summed E-state index contributed by atoms with van der Waals surface area (Å²) >= 11 is 0. The van der Waals surface area contributed by atoms with Crippen molar-refractivity contribution in [3.05, 3.63) is 83.4 Å². The number of ether oxygens (including phenoxy) is 1. The van der Waals surface area contributed by atoms with Gasteiger partial charge in [0.05, 0.1) is 28.7 Å². The van der Waals surface area contributed by atoms with Crippen molar-refractivity contribution in [2.75, 3.05) is 36.3 Å². The van der Waals surface area contributed by atoms with Crippen LogP contribution in [0.2, 0.25) is 0 Å². The zero-order valence-electron chi connectivity index (χ0n) is 19.9. The Bertz CT molecular complexity index is 1460. The number of benzene rings is 3. The quantitative estimate of drug-likeness (QED) is 0.484. The van der Waals surface area contributed by atoms with E-state index in [1.807, 2.05) is 6.92 Å². The van der Waals surface area contributed by atoms with Gasteiger partial charge in [-0.1, -0.05) is 23.8 Å². The van der Waals surface area contributed by atoms with E-state index in [1.54, 1.807) is 31.2 Å². The number of aryl methyl sites for hydroxylation is 2. The second kappa shape index (κ2) is 10.4. The van der Waals surface area contributed by atoms with Gasteiger partial charge in [-0.05, 0) is 67.9 Å². The third-order valence-corrected chi connectivity index (χ3v) is 9.09. The normalized spacial score (nSPS) is 14.8.